The van der Waals surface area contributed by atoms with Crippen LogP contribution in [-0.4, -0.2) is 25.7 Å². The minimum atomic E-state index is -0.505. The van der Waals surface area contributed by atoms with Crippen molar-refractivity contribution in [2.75, 3.05) is 19.0 Å². The topological polar surface area (TPSA) is 67.4 Å². The van der Waals surface area contributed by atoms with Crippen molar-refractivity contribution in [3.8, 4) is 0 Å². The van der Waals surface area contributed by atoms with E-state index in [4.69, 9.17) is 0 Å². The molecule has 0 aliphatic rings. The molecular weight excluding hydrogens is 228 g/mol. The van der Waals surface area contributed by atoms with Gasteiger partial charge in [-0.15, -0.1) is 12.6 Å². The summed E-state index contributed by atoms with van der Waals surface area (Å²) in [6.07, 6.45) is 0. The number of esters is 1. The van der Waals surface area contributed by atoms with Gasteiger partial charge in [0.1, 0.15) is 6.54 Å². The molecule has 0 fully saturated rings. The summed E-state index contributed by atoms with van der Waals surface area (Å²) >= 11 is 4.17. The molecule has 0 spiro atoms. The predicted molar refractivity (Wildman–Crippen MR) is 62.7 cm³/mol. The molecule has 0 saturated heterocycles. The quantitative estimate of drug-likeness (QED) is 0.550. The molecule has 1 aromatic rings. The first kappa shape index (κ1) is 12.4. The molecule has 0 radical (unpaired) electrons. The molecule has 6 heteroatoms. The number of amides is 2. The Morgan fingerprint density at radius 2 is 2.06 bits per heavy atom. The maximum Gasteiger partial charge on any atom is 0.325 e. The minimum absolute atomic E-state index is 0.170. The molecule has 0 unspecified atom stereocenters. The Labute approximate surface area is 98.6 Å². The fourth-order valence-corrected chi connectivity index (χ4v) is 1.19. The van der Waals surface area contributed by atoms with E-state index >= 15 is 0 Å². The SMILES string of the molecule is COC(=O)CNC(=O)Nc1ccccc1S. The molecule has 16 heavy (non-hydrogen) atoms. The first-order chi connectivity index (χ1) is 7.63. The molecule has 0 heterocycles. The van der Waals surface area contributed by atoms with Crippen LogP contribution in [0.1, 0.15) is 0 Å². The van der Waals surface area contributed by atoms with Crippen molar-refractivity contribution in [3.05, 3.63) is 24.3 Å². The second-order valence-electron chi connectivity index (χ2n) is 2.90. The van der Waals surface area contributed by atoms with Gasteiger partial charge >= 0.3 is 12.0 Å². The number of carbonyl (C=O) groups is 2. The molecule has 0 aromatic heterocycles. The molecular formula is C10H12N2O3S. The number of ether oxygens (including phenoxy) is 1. The summed E-state index contributed by atoms with van der Waals surface area (Å²) in [7, 11) is 1.25. The Bertz CT molecular complexity index is 395. The zero-order valence-electron chi connectivity index (χ0n) is 8.69. The average Bonchev–Trinajstić information content (AvgIpc) is 2.29. The summed E-state index contributed by atoms with van der Waals surface area (Å²) in [5.74, 6) is -0.505. The van der Waals surface area contributed by atoms with Crippen LogP contribution in [-0.2, 0) is 9.53 Å². The molecule has 0 bridgehead atoms. The van der Waals surface area contributed by atoms with Gasteiger partial charge in [0.25, 0.3) is 0 Å². The van der Waals surface area contributed by atoms with E-state index in [1.165, 1.54) is 7.11 Å². The second-order valence-corrected chi connectivity index (χ2v) is 3.38. The van der Waals surface area contributed by atoms with E-state index in [1.54, 1.807) is 24.3 Å². The fourth-order valence-electron chi connectivity index (χ4n) is 0.970. The van der Waals surface area contributed by atoms with Crippen LogP contribution < -0.4 is 10.6 Å². The Morgan fingerprint density at radius 3 is 2.69 bits per heavy atom. The molecule has 0 aliphatic carbocycles. The molecule has 86 valence electrons. The van der Waals surface area contributed by atoms with Gasteiger partial charge in [0, 0.05) is 4.90 Å². The van der Waals surface area contributed by atoms with Crippen molar-refractivity contribution in [2.45, 2.75) is 4.90 Å². The van der Waals surface area contributed by atoms with Crippen molar-refractivity contribution in [1.82, 2.24) is 5.32 Å². The van der Waals surface area contributed by atoms with E-state index in [0.717, 1.165) is 0 Å². The second kappa shape index (κ2) is 6.02. The van der Waals surface area contributed by atoms with Crippen molar-refractivity contribution >= 4 is 30.3 Å². The average molecular weight is 240 g/mol. The normalized spacial score (nSPS) is 9.38. The predicted octanol–water partition coefficient (Wildman–Crippen LogP) is 1.27. The third-order valence-electron chi connectivity index (χ3n) is 1.77. The van der Waals surface area contributed by atoms with Gasteiger partial charge < -0.3 is 15.4 Å². The number of carbonyl (C=O) groups excluding carboxylic acids is 2. The van der Waals surface area contributed by atoms with Crippen LogP contribution in [0.5, 0.6) is 0 Å². The van der Waals surface area contributed by atoms with Gasteiger partial charge in [-0.2, -0.15) is 0 Å². The minimum Gasteiger partial charge on any atom is -0.468 e. The highest BCUT2D eigenvalue weighted by molar-refractivity contribution is 7.80. The summed E-state index contributed by atoms with van der Waals surface area (Å²) in [6, 6.07) is 6.56. The first-order valence-corrected chi connectivity index (χ1v) is 4.98. The smallest absolute Gasteiger partial charge is 0.325 e. The summed E-state index contributed by atoms with van der Waals surface area (Å²) < 4.78 is 4.38. The number of nitrogens with one attached hydrogen (secondary N) is 2. The lowest BCUT2D eigenvalue weighted by Gasteiger charge is -2.08. The number of anilines is 1. The monoisotopic (exact) mass is 240 g/mol. The molecule has 0 atom stereocenters. The summed E-state index contributed by atoms with van der Waals surface area (Å²) in [4.78, 5) is 22.7. The summed E-state index contributed by atoms with van der Waals surface area (Å²) in [5, 5.41) is 4.91. The number of rotatable bonds is 3. The lowest BCUT2D eigenvalue weighted by Crippen LogP contribution is -2.33. The number of thiol groups is 1. The maximum atomic E-state index is 11.3. The van der Waals surface area contributed by atoms with Gasteiger partial charge in [-0.3, -0.25) is 4.79 Å². The molecule has 0 saturated carbocycles. The van der Waals surface area contributed by atoms with Crippen molar-refractivity contribution < 1.29 is 14.3 Å². The Balaban J connectivity index is 2.46. The zero-order valence-corrected chi connectivity index (χ0v) is 9.58. The van der Waals surface area contributed by atoms with Crippen LogP contribution in [0.4, 0.5) is 10.5 Å². The number of para-hydroxylation sites is 1. The zero-order chi connectivity index (χ0) is 12.0. The first-order valence-electron chi connectivity index (χ1n) is 4.53. The van der Waals surface area contributed by atoms with E-state index in [1.807, 2.05) is 0 Å². The molecule has 1 aromatic carbocycles. The molecule has 2 N–H and O–H groups in total. The lowest BCUT2D eigenvalue weighted by atomic mass is 10.3. The number of hydrogen-bond donors (Lipinski definition) is 3. The number of methoxy groups -OCH3 is 1. The highest BCUT2D eigenvalue weighted by Crippen LogP contribution is 2.17. The fraction of sp³-hybridized carbons (Fsp3) is 0.200. The van der Waals surface area contributed by atoms with Crippen molar-refractivity contribution in [1.29, 1.82) is 0 Å². The highest BCUT2D eigenvalue weighted by Gasteiger charge is 2.06. The van der Waals surface area contributed by atoms with Crippen LogP contribution in [0.2, 0.25) is 0 Å². The van der Waals surface area contributed by atoms with Gasteiger partial charge in [0.15, 0.2) is 0 Å². The van der Waals surface area contributed by atoms with Crippen LogP contribution >= 0.6 is 12.6 Å². The third kappa shape index (κ3) is 3.82. The van der Waals surface area contributed by atoms with Crippen LogP contribution in [0, 0.1) is 0 Å². The lowest BCUT2D eigenvalue weighted by molar-refractivity contribution is -0.139. The van der Waals surface area contributed by atoms with Gasteiger partial charge in [0.2, 0.25) is 0 Å². The number of benzene rings is 1. The molecule has 1 rings (SSSR count). The van der Waals surface area contributed by atoms with Crippen LogP contribution in [0.3, 0.4) is 0 Å². The summed E-state index contributed by atoms with van der Waals surface area (Å²) in [6.45, 7) is -0.170. The van der Waals surface area contributed by atoms with E-state index in [2.05, 4.69) is 28.0 Å². The van der Waals surface area contributed by atoms with Gasteiger partial charge in [-0.25, -0.2) is 4.79 Å². The van der Waals surface area contributed by atoms with Crippen LogP contribution in [0.15, 0.2) is 29.2 Å². The van der Waals surface area contributed by atoms with E-state index in [-0.39, 0.29) is 6.54 Å². The Morgan fingerprint density at radius 1 is 1.38 bits per heavy atom. The summed E-state index contributed by atoms with van der Waals surface area (Å²) in [5.41, 5.74) is 0.577. The molecule has 5 nitrogen and oxygen atoms in total. The number of urea groups is 1. The van der Waals surface area contributed by atoms with Crippen molar-refractivity contribution in [2.24, 2.45) is 0 Å². The molecule has 2 amide bonds. The van der Waals surface area contributed by atoms with E-state index in [9.17, 15) is 9.59 Å². The van der Waals surface area contributed by atoms with Crippen LogP contribution in [0.25, 0.3) is 0 Å². The third-order valence-corrected chi connectivity index (χ3v) is 2.16. The Kier molecular flexibility index (Phi) is 4.65. The van der Waals surface area contributed by atoms with E-state index < -0.39 is 12.0 Å². The highest BCUT2D eigenvalue weighted by atomic mass is 32.1. The van der Waals surface area contributed by atoms with Gasteiger partial charge in [0.05, 0.1) is 12.8 Å². The maximum absolute atomic E-state index is 11.3. The Hall–Kier alpha value is -1.69. The standard InChI is InChI=1S/C10H12N2O3S/c1-15-9(13)6-11-10(14)12-7-4-2-3-5-8(7)16/h2-5,16H,6H2,1H3,(H2,11,12,14). The largest absolute Gasteiger partial charge is 0.468 e. The van der Waals surface area contributed by atoms with Crippen molar-refractivity contribution in [3.63, 3.8) is 0 Å². The molecule has 0 aliphatic heterocycles. The van der Waals surface area contributed by atoms with Gasteiger partial charge in [-0.05, 0) is 12.1 Å². The number of hydrogen-bond acceptors (Lipinski definition) is 4. The van der Waals surface area contributed by atoms with E-state index in [0.29, 0.717) is 10.6 Å². The van der Waals surface area contributed by atoms with Gasteiger partial charge in [-0.1, -0.05) is 12.1 Å².